The Bertz CT molecular complexity index is 844. The van der Waals surface area contributed by atoms with Crippen molar-refractivity contribution in [3.05, 3.63) is 63.6 Å². The van der Waals surface area contributed by atoms with Crippen LogP contribution >= 0.6 is 15.9 Å². The van der Waals surface area contributed by atoms with Crippen molar-refractivity contribution in [3.63, 3.8) is 0 Å². The first kappa shape index (κ1) is 17.4. The van der Waals surface area contributed by atoms with Gasteiger partial charge in [-0.25, -0.2) is 0 Å². The lowest BCUT2D eigenvalue weighted by Gasteiger charge is -2.27. The molecule has 2 aromatic rings. The van der Waals surface area contributed by atoms with Crippen LogP contribution in [0.15, 0.2) is 46.9 Å². The molecule has 2 aromatic carbocycles. The van der Waals surface area contributed by atoms with E-state index in [4.69, 9.17) is 0 Å². The minimum Gasteiger partial charge on any atom is -0.294 e. The van der Waals surface area contributed by atoms with Crippen LogP contribution < -0.4 is 4.90 Å². The fraction of sp³-hybridized carbons (Fsp3) is 0.211. The van der Waals surface area contributed by atoms with E-state index in [0.29, 0.717) is 16.8 Å². The Kier molecular flexibility index (Phi) is 4.72. The van der Waals surface area contributed by atoms with Gasteiger partial charge in [-0.1, -0.05) is 35.0 Å². The molecule has 0 saturated heterocycles. The molecule has 128 valence electrons. The van der Waals surface area contributed by atoms with E-state index in [1.54, 1.807) is 24.3 Å². The van der Waals surface area contributed by atoms with E-state index in [1.165, 1.54) is 11.8 Å². The molecule has 3 amide bonds. The number of amides is 3. The standard InChI is InChI=1S/C19H17BrN2O3/c1-3-13-10-14(20)8-9-17(13)21(12(2)23)11-22-18(24)15-6-4-5-7-16(15)19(22)25/h4-10H,3,11H2,1-2H3. The lowest BCUT2D eigenvalue weighted by Crippen LogP contribution is -2.43. The van der Waals surface area contributed by atoms with Crippen molar-refractivity contribution >= 4 is 39.3 Å². The van der Waals surface area contributed by atoms with Crippen molar-refractivity contribution in [1.82, 2.24) is 4.90 Å². The maximum absolute atomic E-state index is 12.6. The number of halogens is 1. The van der Waals surface area contributed by atoms with E-state index in [-0.39, 0.29) is 24.4 Å². The molecule has 0 bridgehead atoms. The van der Waals surface area contributed by atoms with Gasteiger partial charge >= 0.3 is 0 Å². The quantitative estimate of drug-likeness (QED) is 0.736. The summed E-state index contributed by atoms with van der Waals surface area (Å²) in [6.07, 6.45) is 0.723. The highest BCUT2D eigenvalue weighted by atomic mass is 79.9. The summed E-state index contributed by atoms with van der Waals surface area (Å²) in [5.74, 6) is -0.974. The number of carbonyl (C=O) groups excluding carboxylic acids is 3. The average Bonchev–Trinajstić information content (AvgIpc) is 2.84. The number of rotatable bonds is 4. The fourth-order valence-corrected chi connectivity index (χ4v) is 3.36. The molecule has 1 aliphatic heterocycles. The van der Waals surface area contributed by atoms with Gasteiger partial charge in [-0.15, -0.1) is 0 Å². The van der Waals surface area contributed by atoms with Crippen molar-refractivity contribution in [3.8, 4) is 0 Å². The van der Waals surface area contributed by atoms with Crippen molar-refractivity contribution < 1.29 is 14.4 Å². The lowest BCUT2D eigenvalue weighted by molar-refractivity contribution is -0.116. The topological polar surface area (TPSA) is 57.7 Å². The van der Waals surface area contributed by atoms with Crippen LogP contribution in [0.3, 0.4) is 0 Å². The SMILES string of the molecule is CCc1cc(Br)ccc1N(CN1C(=O)c2ccccc2C1=O)C(C)=O. The third-order valence-corrected chi connectivity index (χ3v) is 4.75. The van der Waals surface area contributed by atoms with Crippen LogP contribution in [0.4, 0.5) is 5.69 Å². The first-order valence-corrected chi connectivity index (χ1v) is 8.75. The number of aryl methyl sites for hydroxylation is 1. The second-order valence-corrected chi connectivity index (χ2v) is 6.71. The number of nitrogens with zero attached hydrogens (tertiary/aromatic N) is 2. The Morgan fingerprint density at radius 3 is 2.20 bits per heavy atom. The lowest BCUT2D eigenvalue weighted by atomic mass is 10.1. The van der Waals surface area contributed by atoms with E-state index >= 15 is 0 Å². The number of imide groups is 1. The normalized spacial score (nSPS) is 13.2. The van der Waals surface area contributed by atoms with E-state index in [0.717, 1.165) is 21.4 Å². The summed E-state index contributed by atoms with van der Waals surface area (Å²) in [6.45, 7) is 3.32. The van der Waals surface area contributed by atoms with Crippen molar-refractivity contribution in [2.45, 2.75) is 20.3 Å². The largest absolute Gasteiger partial charge is 0.294 e. The van der Waals surface area contributed by atoms with E-state index in [2.05, 4.69) is 15.9 Å². The van der Waals surface area contributed by atoms with E-state index < -0.39 is 0 Å². The number of carbonyl (C=O) groups is 3. The summed E-state index contributed by atoms with van der Waals surface area (Å²) in [7, 11) is 0. The highest BCUT2D eigenvalue weighted by molar-refractivity contribution is 9.10. The van der Waals surface area contributed by atoms with Gasteiger partial charge in [0.15, 0.2) is 0 Å². The molecule has 0 atom stereocenters. The smallest absolute Gasteiger partial charge is 0.263 e. The van der Waals surface area contributed by atoms with Gasteiger partial charge < -0.3 is 0 Å². The molecular weight excluding hydrogens is 384 g/mol. The summed E-state index contributed by atoms with van der Waals surface area (Å²) in [5, 5.41) is 0. The summed E-state index contributed by atoms with van der Waals surface area (Å²) >= 11 is 3.43. The van der Waals surface area contributed by atoms with Crippen LogP contribution in [0.5, 0.6) is 0 Å². The number of benzene rings is 2. The van der Waals surface area contributed by atoms with Gasteiger partial charge in [0, 0.05) is 17.1 Å². The van der Waals surface area contributed by atoms with Gasteiger partial charge in [0.2, 0.25) is 5.91 Å². The molecular formula is C19H17BrN2O3. The third-order valence-electron chi connectivity index (χ3n) is 4.25. The predicted octanol–water partition coefficient (Wildman–Crippen LogP) is 3.62. The Balaban J connectivity index is 1.96. The Morgan fingerprint density at radius 1 is 1.08 bits per heavy atom. The average molecular weight is 401 g/mol. The fourth-order valence-electron chi connectivity index (χ4n) is 2.95. The summed E-state index contributed by atoms with van der Waals surface area (Å²) < 4.78 is 0.914. The zero-order valence-corrected chi connectivity index (χ0v) is 15.5. The number of hydrogen-bond donors (Lipinski definition) is 0. The van der Waals surface area contributed by atoms with Crippen molar-refractivity contribution in [2.75, 3.05) is 11.6 Å². The molecule has 5 nitrogen and oxygen atoms in total. The number of hydrogen-bond acceptors (Lipinski definition) is 3. The maximum Gasteiger partial charge on any atom is 0.263 e. The molecule has 3 rings (SSSR count). The Labute approximate surface area is 154 Å². The van der Waals surface area contributed by atoms with Crippen LogP contribution in [0.1, 0.15) is 40.1 Å². The number of fused-ring (bicyclic) bond motifs is 1. The zero-order chi connectivity index (χ0) is 18.1. The minimum absolute atomic E-state index is 0.101. The molecule has 0 radical (unpaired) electrons. The Hall–Kier alpha value is -2.47. The second kappa shape index (κ2) is 6.80. The Morgan fingerprint density at radius 2 is 1.68 bits per heavy atom. The summed E-state index contributed by atoms with van der Waals surface area (Å²) in [5.41, 5.74) is 2.42. The van der Waals surface area contributed by atoms with Gasteiger partial charge in [-0.2, -0.15) is 0 Å². The first-order valence-electron chi connectivity index (χ1n) is 7.95. The van der Waals surface area contributed by atoms with Crippen LogP contribution in [0, 0.1) is 0 Å². The number of anilines is 1. The molecule has 25 heavy (non-hydrogen) atoms. The van der Waals surface area contributed by atoms with Crippen LogP contribution in [-0.4, -0.2) is 29.3 Å². The molecule has 6 heteroatoms. The first-order chi connectivity index (χ1) is 11.9. The van der Waals surface area contributed by atoms with Gasteiger partial charge in [0.05, 0.1) is 11.1 Å². The van der Waals surface area contributed by atoms with Gasteiger partial charge in [0.1, 0.15) is 6.67 Å². The molecule has 0 N–H and O–H groups in total. The summed E-state index contributed by atoms with van der Waals surface area (Å²) in [4.78, 5) is 39.9. The van der Waals surface area contributed by atoms with E-state index in [9.17, 15) is 14.4 Å². The van der Waals surface area contributed by atoms with Crippen LogP contribution in [-0.2, 0) is 11.2 Å². The maximum atomic E-state index is 12.6. The van der Waals surface area contributed by atoms with Crippen LogP contribution in [0.25, 0.3) is 0 Å². The molecule has 0 aliphatic carbocycles. The van der Waals surface area contributed by atoms with E-state index in [1.807, 2.05) is 25.1 Å². The summed E-state index contributed by atoms with van der Waals surface area (Å²) in [6, 6.07) is 12.3. The highest BCUT2D eigenvalue weighted by Crippen LogP contribution is 2.28. The van der Waals surface area contributed by atoms with Crippen molar-refractivity contribution in [2.24, 2.45) is 0 Å². The molecule has 0 unspecified atom stereocenters. The molecule has 1 heterocycles. The van der Waals surface area contributed by atoms with Gasteiger partial charge in [-0.05, 0) is 42.3 Å². The molecule has 0 saturated carbocycles. The minimum atomic E-state index is -0.373. The van der Waals surface area contributed by atoms with Crippen molar-refractivity contribution in [1.29, 1.82) is 0 Å². The van der Waals surface area contributed by atoms with Gasteiger partial charge in [-0.3, -0.25) is 24.2 Å². The van der Waals surface area contributed by atoms with Gasteiger partial charge in [0.25, 0.3) is 11.8 Å². The molecule has 1 aliphatic rings. The molecule has 0 aromatic heterocycles. The predicted molar refractivity (Wildman–Crippen MR) is 98.5 cm³/mol. The third kappa shape index (κ3) is 3.09. The molecule has 0 fully saturated rings. The molecule has 0 spiro atoms. The zero-order valence-electron chi connectivity index (χ0n) is 14.0. The van der Waals surface area contributed by atoms with Crippen LogP contribution in [0.2, 0.25) is 0 Å². The monoisotopic (exact) mass is 400 g/mol. The second-order valence-electron chi connectivity index (χ2n) is 5.80. The highest BCUT2D eigenvalue weighted by Gasteiger charge is 2.37.